The highest BCUT2D eigenvalue weighted by atomic mass is 35.5. The van der Waals surface area contributed by atoms with Crippen LogP contribution in [0, 0.1) is 0 Å². The molecule has 0 aliphatic carbocycles. The predicted octanol–water partition coefficient (Wildman–Crippen LogP) is 1.03. The summed E-state index contributed by atoms with van der Waals surface area (Å²) >= 11 is 5.93. The quantitative estimate of drug-likeness (QED) is 0.738. The van der Waals surface area contributed by atoms with E-state index in [2.05, 4.69) is 34.5 Å². The Kier molecular flexibility index (Phi) is 4.22. The van der Waals surface area contributed by atoms with Crippen molar-refractivity contribution in [2.24, 2.45) is 0 Å². The van der Waals surface area contributed by atoms with Crippen LogP contribution in [0.4, 0.5) is 5.82 Å². The first-order valence-corrected chi connectivity index (χ1v) is 7.50. The largest absolute Gasteiger partial charge is 0.364 e. The maximum Gasteiger partial charge on any atom is 0.168 e. The molecular formula is C15H18ClN6+. The topological polar surface area (TPSA) is 60.1 Å². The second kappa shape index (κ2) is 6.29. The number of hydrogen-bond acceptors (Lipinski definition) is 4. The van der Waals surface area contributed by atoms with Crippen molar-refractivity contribution in [3.05, 3.63) is 41.8 Å². The lowest BCUT2D eigenvalue weighted by Gasteiger charge is -2.09. The number of aromatic nitrogens is 4. The molecular weight excluding hydrogens is 300 g/mol. The number of nitrogens with zero attached hydrogens (tertiary/aromatic N) is 4. The van der Waals surface area contributed by atoms with Gasteiger partial charge in [0.05, 0.1) is 44.5 Å². The summed E-state index contributed by atoms with van der Waals surface area (Å²) in [5.41, 5.74) is 1.69. The van der Waals surface area contributed by atoms with Gasteiger partial charge >= 0.3 is 0 Å². The van der Waals surface area contributed by atoms with E-state index in [0.29, 0.717) is 5.02 Å². The van der Waals surface area contributed by atoms with Gasteiger partial charge in [0.15, 0.2) is 5.65 Å². The lowest BCUT2D eigenvalue weighted by Crippen LogP contribution is -3.06. The van der Waals surface area contributed by atoms with Gasteiger partial charge < -0.3 is 10.2 Å². The normalized spacial score (nSPS) is 11.3. The third kappa shape index (κ3) is 3.03. The Labute approximate surface area is 133 Å². The average molecular weight is 318 g/mol. The predicted molar refractivity (Wildman–Crippen MR) is 87.8 cm³/mol. The van der Waals surface area contributed by atoms with E-state index in [1.807, 2.05) is 24.3 Å². The van der Waals surface area contributed by atoms with Crippen LogP contribution in [0.15, 0.2) is 36.8 Å². The molecule has 114 valence electrons. The molecule has 0 aliphatic heterocycles. The van der Waals surface area contributed by atoms with Crippen LogP contribution in [0.5, 0.6) is 0 Å². The van der Waals surface area contributed by atoms with Crippen molar-refractivity contribution >= 4 is 28.5 Å². The molecule has 0 saturated carbocycles. The molecule has 6 nitrogen and oxygen atoms in total. The van der Waals surface area contributed by atoms with Crippen LogP contribution in [-0.2, 0) is 0 Å². The maximum absolute atomic E-state index is 5.93. The van der Waals surface area contributed by atoms with Crippen LogP contribution in [0.1, 0.15) is 0 Å². The fraction of sp³-hybridized carbons (Fsp3) is 0.267. The Balaban J connectivity index is 1.93. The SMILES string of the molecule is C[NH+](C)CCNc1ncnc2c1cnn2-c1ccc(Cl)cc1. The number of benzene rings is 1. The molecule has 2 N–H and O–H groups in total. The molecule has 1 aromatic carbocycles. The Hall–Kier alpha value is -2.18. The van der Waals surface area contributed by atoms with E-state index in [-0.39, 0.29) is 0 Å². The van der Waals surface area contributed by atoms with Crippen LogP contribution in [-0.4, -0.2) is 46.9 Å². The standard InChI is InChI=1S/C15H17ClN6/c1-21(2)8-7-17-14-13-9-20-22(15(13)19-10-18-14)12-5-3-11(16)4-6-12/h3-6,9-10H,7-8H2,1-2H3,(H,17,18,19)/p+1. The molecule has 7 heteroatoms. The van der Waals surface area contributed by atoms with Crippen LogP contribution < -0.4 is 10.2 Å². The fourth-order valence-corrected chi connectivity index (χ4v) is 2.31. The zero-order valence-corrected chi connectivity index (χ0v) is 13.3. The zero-order valence-electron chi connectivity index (χ0n) is 12.5. The molecule has 0 unspecified atom stereocenters. The van der Waals surface area contributed by atoms with Crippen molar-refractivity contribution in [2.75, 3.05) is 32.5 Å². The van der Waals surface area contributed by atoms with Gasteiger partial charge in [0.25, 0.3) is 0 Å². The summed E-state index contributed by atoms with van der Waals surface area (Å²) in [5, 5.41) is 9.38. The Morgan fingerprint density at radius 2 is 1.95 bits per heavy atom. The summed E-state index contributed by atoms with van der Waals surface area (Å²) in [6.07, 6.45) is 3.34. The van der Waals surface area contributed by atoms with Gasteiger partial charge in [0.2, 0.25) is 0 Å². The summed E-state index contributed by atoms with van der Waals surface area (Å²) in [4.78, 5) is 10.1. The van der Waals surface area contributed by atoms with Gasteiger partial charge in [-0.3, -0.25) is 0 Å². The lowest BCUT2D eigenvalue weighted by atomic mass is 10.3. The van der Waals surface area contributed by atoms with Crippen molar-refractivity contribution in [3.63, 3.8) is 0 Å². The number of halogens is 1. The molecule has 3 aromatic rings. The molecule has 0 bridgehead atoms. The Bertz CT molecular complexity index is 765. The smallest absolute Gasteiger partial charge is 0.168 e. The monoisotopic (exact) mass is 317 g/mol. The molecule has 0 aliphatic rings. The number of quaternary nitrogens is 1. The number of fused-ring (bicyclic) bond motifs is 1. The molecule has 0 amide bonds. The first-order chi connectivity index (χ1) is 10.6. The van der Waals surface area contributed by atoms with Crippen molar-refractivity contribution in [1.82, 2.24) is 19.7 Å². The van der Waals surface area contributed by atoms with Crippen molar-refractivity contribution in [3.8, 4) is 5.69 Å². The molecule has 2 heterocycles. The van der Waals surface area contributed by atoms with Gasteiger partial charge in [-0.1, -0.05) is 11.6 Å². The van der Waals surface area contributed by atoms with Gasteiger partial charge in [-0.05, 0) is 24.3 Å². The van der Waals surface area contributed by atoms with Gasteiger partial charge in [0, 0.05) is 5.02 Å². The molecule has 2 aromatic heterocycles. The third-order valence-electron chi connectivity index (χ3n) is 3.35. The van der Waals surface area contributed by atoms with Crippen molar-refractivity contribution in [1.29, 1.82) is 0 Å². The molecule has 22 heavy (non-hydrogen) atoms. The molecule has 0 atom stereocenters. The highest BCUT2D eigenvalue weighted by Gasteiger charge is 2.11. The van der Waals surface area contributed by atoms with Crippen LogP contribution >= 0.6 is 11.6 Å². The Morgan fingerprint density at radius 1 is 1.18 bits per heavy atom. The summed E-state index contributed by atoms with van der Waals surface area (Å²) < 4.78 is 1.79. The first-order valence-electron chi connectivity index (χ1n) is 7.13. The summed E-state index contributed by atoms with van der Waals surface area (Å²) in [6, 6.07) is 7.51. The highest BCUT2D eigenvalue weighted by molar-refractivity contribution is 6.30. The summed E-state index contributed by atoms with van der Waals surface area (Å²) in [6.45, 7) is 1.86. The summed E-state index contributed by atoms with van der Waals surface area (Å²) in [5.74, 6) is 0.812. The molecule has 0 saturated heterocycles. The molecule has 0 fully saturated rings. The first kappa shape index (κ1) is 14.7. The van der Waals surface area contributed by atoms with Crippen LogP contribution in [0.2, 0.25) is 5.02 Å². The number of likely N-dealkylation sites (N-methyl/N-ethyl adjacent to an activating group) is 1. The second-order valence-corrected chi connectivity index (χ2v) is 5.81. The van der Waals surface area contributed by atoms with Gasteiger partial charge in [0.1, 0.15) is 12.1 Å². The van der Waals surface area contributed by atoms with E-state index < -0.39 is 0 Å². The van der Waals surface area contributed by atoms with E-state index in [4.69, 9.17) is 11.6 Å². The van der Waals surface area contributed by atoms with E-state index in [9.17, 15) is 0 Å². The summed E-state index contributed by atoms with van der Waals surface area (Å²) in [7, 11) is 4.24. The third-order valence-corrected chi connectivity index (χ3v) is 3.61. The van der Waals surface area contributed by atoms with Crippen molar-refractivity contribution < 1.29 is 4.90 Å². The van der Waals surface area contributed by atoms with Gasteiger partial charge in [-0.2, -0.15) is 5.10 Å². The second-order valence-electron chi connectivity index (χ2n) is 5.38. The van der Waals surface area contributed by atoms with Crippen molar-refractivity contribution in [2.45, 2.75) is 0 Å². The molecule has 3 rings (SSSR count). The fourth-order valence-electron chi connectivity index (χ4n) is 2.19. The van der Waals surface area contributed by atoms with Gasteiger partial charge in [-0.25, -0.2) is 14.6 Å². The van der Waals surface area contributed by atoms with Crippen LogP contribution in [0.3, 0.4) is 0 Å². The molecule has 0 radical (unpaired) electrons. The van der Waals surface area contributed by atoms with Crippen LogP contribution in [0.25, 0.3) is 16.7 Å². The zero-order chi connectivity index (χ0) is 15.5. The number of nitrogens with one attached hydrogen (secondary N) is 2. The minimum absolute atomic E-state index is 0.698. The van der Waals surface area contributed by atoms with E-state index in [1.54, 1.807) is 17.2 Å². The average Bonchev–Trinajstić information content (AvgIpc) is 2.92. The minimum Gasteiger partial charge on any atom is -0.364 e. The minimum atomic E-state index is 0.698. The lowest BCUT2D eigenvalue weighted by molar-refractivity contribution is -0.856. The number of rotatable bonds is 5. The van der Waals surface area contributed by atoms with Gasteiger partial charge in [-0.15, -0.1) is 0 Å². The number of anilines is 1. The maximum atomic E-state index is 5.93. The number of hydrogen-bond donors (Lipinski definition) is 2. The van der Waals surface area contributed by atoms with E-state index in [1.165, 1.54) is 4.90 Å². The molecule has 0 spiro atoms. The van der Waals surface area contributed by atoms with E-state index >= 15 is 0 Å². The Morgan fingerprint density at radius 3 is 2.68 bits per heavy atom. The van der Waals surface area contributed by atoms with E-state index in [0.717, 1.165) is 35.6 Å². The highest BCUT2D eigenvalue weighted by Crippen LogP contribution is 2.22.